The summed E-state index contributed by atoms with van der Waals surface area (Å²) in [7, 11) is 1.26. The fraction of sp³-hybridized carbons (Fsp3) is 0.241. The van der Waals surface area contributed by atoms with Crippen LogP contribution in [0.2, 0.25) is 0 Å². The summed E-state index contributed by atoms with van der Waals surface area (Å²) in [4.78, 5) is 32.5. The molecule has 11 heteroatoms. The molecule has 1 aliphatic heterocycles. The molecular formula is C29H25F2N5O4. The van der Waals surface area contributed by atoms with Crippen LogP contribution in [0.25, 0.3) is 22.4 Å². The van der Waals surface area contributed by atoms with Crippen LogP contribution in [0.3, 0.4) is 0 Å². The molecule has 40 heavy (non-hydrogen) atoms. The van der Waals surface area contributed by atoms with Crippen molar-refractivity contribution >= 4 is 23.4 Å². The third-order valence-electron chi connectivity index (χ3n) is 7.55. The van der Waals surface area contributed by atoms with Gasteiger partial charge in [-0.2, -0.15) is 4.73 Å². The molecule has 3 unspecified atom stereocenters. The summed E-state index contributed by atoms with van der Waals surface area (Å²) in [6, 6.07) is 11.7. The molecule has 1 fully saturated rings. The van der Waals surface area contributed by atoms with E-state index in [1.165, 1.54) is 25.4 Å². The molecule has 2 aromatic carbocycles. The Kier molecular flexibility index (Phi) is 6.41. The Balaban J connectivity index is 1.40. The lowest BCUT2D eigenvalue weighted by atomic mass is 9.94. The van der Waals surface area contributed by atoms with E-state index in [1.54, 1.807) is 30.5 Å². The number of nitrogens with one attached hydrogen (secondary N) is 3. The quantitative estimate of drug-likeness (QED) is 0.237. The first-order valence-electron chi connectivity index (χ1n) is 12.8. The fourth-order valence-electron chi connectivity index (χ4n) is 5.43. The van der Waals surface area contributed by atoms with Crippen LogP contribution in [0.4, 0.5) is 25.0 Å². The van der Waals surface area contributed by atoms with Crippen molar-refractivity contribution in [3.8, 4) is 22.4 Å². The number of halogens is 2. The van der Waals surface area contributed by atoms with Crippen molar-refractivity contribution < 1.29 is 27.8 Å². The molecule has 2 bridgehead atoms. The summed E-state index contributed by atoms with van der Waals surface area (Å²) >= 11 is 0. The lowest BCUT2D eigenvalue weighted by molar-refractivity contribution is -0.614. The SMILES string of the molecule is COC(=O)Nc1ccc2c(c1)NC(=O)CC1CC1CC(c1ccc(-c3c(F)cccc3F)c[n+]1[O-])c1ncc-2[nH]1. The number of H-pyrrole nitrogens is 1. The molecule has 3 N–H and O–H groups in total. The van der Waals surface area contributed by atoms with E-state index in [4.69, 9.17) is 0 Å². The second kappa shape index (κ2) is 10.1. The highest BCUT2D eigenvalue weighted by molar-refractivity contribution is 5.97. The summed E-state index contributed by atoms with van der Waals surface area (Å²) in [6.45, 7) is 0. The number of imidazole rings is 1. The molecule has 3 atom stereocenters. The van der Waals surface area contributed by atoms with Crippen LogP contribution in [0.5, 0.6) is 0 Å². The Morgan fingerprint density at radius 2 is 1.93 bits per heavy atom. The average molecular weight is 546 g/mol. The van der Waals surface area contributed by atoms with Crippen molar-refractivity contribution in [1.29, 1.82) is 0 Å². The first-order chi connectivity index (χ1) is 19.3. The normalized spacial score (nSPS) is 19.8. The lowest BCUT2D eigenvalue weighted by Gasteiger charge is -2.17. The van der Waals surface area contributed by atoms with Gasteiger partial charge in [0.2, 0.25) is 11.6 Å². The van der Waals surface area contributed by atoms with E-state index in [0.29, 0.717) is 51.7 Å². The third kappa shape index (κ3) is 4.86. The van der Waals surface area contributed by atoms with E-state index in [-0.39, 0.29) is 28.9 Å². The smallest absolute Gasteiger partial charge is 0.411 e. The molecule has 4 aromatic rings. The number of methoxy groups -OCH3 is 1. The van der Waals surface area contributed by atoms with Crippen LogP contribution in [0.15, 0.2) is 60.9 Å². The molecule has 0 radical (unpaired) electrons. The number of carbonyl (C=O) groups is 2. The second-order valence-electron chi connectivity index (χ2n) is 10.1. The number of fused-ring (bicyclic) bond motifs is 5. The summed E-state index contributed by atoms with van der Waals surface area (Å²) in [5.41, 5.74) is 2.44. The van der Waals surface area contributed by atoms with Gasteiger partial charge in [0.05, 0.1) is 35.8 Å². The minimum atomic E-state index is -0.753. The van der Waals surface area contributed by atoms with Crippen molar-refractivity contribution in [2.24, 2.45) is 11.8 Å². The fourth-order valence-corrected chi connectivity index (χ4v) is 5.43. The van der Waals surface area contributed by atoms with E-state index in [9.17, 15) is 23.6 Å². The van der Waals surface area contributed by atoms with Crippen LogP contribution >= 0.6 is 0 Å². The number of pyridine rings is 1. The summed E-state index contributed by atoms with van der Waals surface area (Å²) in [5, 5.41) is 18.8. The zero-order chi connectivity index (χ0) is 28.0. The van der Waals surface area contributed by atoms with Crippen LogP contribution in [0.1, 0.15) is 36.7 Å². The van der Waals surface area contributed by atoms with Gasteiger partial charge in [0, 0.05) is 23.7 Å². The lowest BCUT2D eigenvalue weighted by Crippen LogP contribution is -2.34. The van der Waals surface area contributed by atoms with Gasteiger partial charge in [-0.15, -0.1) is 0 Å². The molecule has 1 aliphatic carbocycles. The highest BCUT2D eigenvalue weighted by atomic mass is 19.1. The number of benzene rings is 2. The van der Waals surface area contributed by atoms with Crippen LogP contribution < -0.4 is 15.4 Å². The molecular weight excluding hydrogens is 520 g/mol. The van der Waals surface area contributed by atoms with Gasteiger partial charge >= 0.3 is 6.09 Å². The van der Waals surface area contributed by atoms with Crippen LogP contribution in [-0.4, -0.2) is 29.1 Å². The van der Waals surface area contributed by atoms with Gasteiger partial charge in [-0.25, -0.2) is 18.6 Å². The largest absolute Gasteiger partial charge is 0.618 e. The number of nitrogens with zero attached hydrogens (tertiary/aromatic N) is 2. The van der Waals surface area contributed by atoms with E-state index in [0.717, 1.165) is 18.6 Å². The predicted octanol–water partition coefficient (Wildman–Crippen LogP) is 5.33. The standard InChI is InChI=1S/C29H25F2N5O4/c1-40-29(38)33-18-6-7-19-23(12-18)34-26(37)11-17-9-16(17)10-20(28-32-13-24(19)35-28)25-8-5-15(14-36(25)39)27-21(30)3-2-4-22(27)31/h2-8,12-14,16-17,20H,9-11H2,1H3,(H,32,35)(H,33,38)(H,34,37). The van der Waals surface area contributed by atoms with Crippen LogP contribution in [-0.2, 0) is 9.53 Å². The van der Waals surface area contributed by atoms with Crippen molar-refractivity contribution in [2.45, 2.75) is 25.2 Å². The number of hydrogen-bond donors (Lipinski definition) is 3. The van der Waals surface area contributed by atoms with Gasteiger partial charge in [0.1, 0.15) is 23.4 Å². The summed E-state index contributed by atoms with van der Waals surface area (Å²) < 4.78 is 34.0. The molecule has 204 valence electrons. The first-order valence-corrected chi connectivity index (χ1v) is 12.8. The number of amides is 2. The summed E-state index contributed by atoms with van der Waals surface area (Å²) in [6.07, 6.45) is 3.89. The minimum Gasteiger partial charge on any atom is -0.618 e. The topological polar surface area (TPSA) is 123 Å². The number of rotatable bonds is 3. The van der Waals surface area contributed by atoms with Gasteiger partial charge in [0.25, 0.3) is 0 Å². The number of ether oxygens (including phenoxy) is 1. The molecule has 1 saturated carbocycles. The molecule has 3 heterocycles. The number of aromatic amines is 1. The molecule has 9 nitrogen and oxygen atoms in total. The van der Waals surface area contributed by atoms with Gasteiger partial charge < -0.3 is 20.2 Å². The molecule has 2 amide bonds. The van der Waals surface area contributed by atoms with Gasteiger partial charge in [-0.3, -0.25) is 10.1 Å². The van der Waals surface area contributed by atoms with Crippen molar-refractivity contribution in [3.05, 3.63) is 89.3 Å². The van der Waals surface area contributed by atoms with E-state index < -0.39 is 23.6 Å². The van der Waals surface area contributed by atoms with Gasteiger partial charge in [-0.1, -0.05) is 6.07 Å². The Bertz CT molecular complexity index is 1620. The Hall–Kier alpha value is -4.80. The Morgan fingerprint density at radius 1 is 1.12 bits per heavy atom. The molecule has 2 aliphatic rings. The molecule has 6 rings (SSSR count). The Labute approximate surface area is 227 Å². The van der Waals surface area contributed by atoms with Crippen molar-refractivity contribution in [1.82, 2.24) is 9.97 Å². The highest BCUT2D eigenvalue weighted by Crippen LogP contribution is 2.48. The Morgan fingerprint density at radius 3 is 2.67 bits per heavy atom. The number of hydrogen-bond acceptors (Lipinski definition) is 5. The zero-order valence-corrected chi connectivity index (χ0v) is 21.4. The first kappa shape index (κ1) is 25.5. The molecule has 2 aromatic heterocycles. The zero-order valence-electron chi connectivity index (χ0n) is 21.4. The van der Waals surface area contributed by atoms with Crippen molar-refractivity contribution in [3.63, 3.8) is 0 Å². The summed E-state index contributed by atoms with van der Waals surface area (Å²) in [5.74, 6) is -1.20. The predicted molar refractivity (Wildman–Crippen MR) is 142 cm³/mol. The monoisotopic (exact) mass is 545 g/mol. The number of carbonyl (C=O) groups excluding carboxylic acids is 2. The second-order valence-corrected chi connectivity index (χ2v) is 10.1. The highest BCUT2D eigenvalue weighted by Gasteiger charge is 2.42. The number of anilines is 2. The minimum absolute atomic E-state index is 0.133. The van der Waals surface area contributed by atoms with E-state index >= 15 is 0 Å². The van der Waals surface area contributed by atoms with Crippen LogP contribution in [0, 0.1) is 28.7 Å². The third-order valence-corrected chi connectivity index (χ3v) is 7.55. The van der Waals surface area contributed by atoms with Gasteiger partial charge in [0.15, 0.2) is 6.20 Å². The van der Waals surface area contributed by atoms with E-state index in [2.05, 4.69) is 25.3 Å². The van der Waals surface area contributed by atoms with Gasteiger partial charge in [-0.05, 0) is 61.1 Å². The maximum atomic E-state index is 14.4. The van der Waals surface area contributed by atoms with Crippen molar-refractivity contribution in [2.75, 3.05) is 17.7 Å². The maximum Gasteiger partial charge on any atom is 0.411 e. The molecule has 0 spiro atoms. The average Bonchev–Trinajstić information content (AvgIpc) is 3.45. The molecule has 0 saturated heterocycles. The van der Waals surface area contributed by atoms with E-state index in [1.807, 2.05) is 0 Å². The maximum absolute atomic E-state index is 14.4. The number of aromatic nitrogens is 3.